The molecule has 3 aromatic rings. The maximum Gasteiger partial charge on any atom is 0.371 e. The van der Waals surface area contributed by atoms with Gasteiger partial charge in [0.1, 0.15) is 23.1 Å². The van der Waals surface area contributed by atoms with Gasteiger partial charge in [0.2, 0.25) is 0 Å². The van der Waals surface area contributed by atoms with Gasteiger partial charge in [-0.2, -0.15) is 5.26 Å². The van der Waals surface area contributed by atoms with Crippen LogP contribution in [-0.2, 0) is 4.84 Å². The maximum atomic E-state index is 12.5. The molecule has 1 aromatic heterocycles. The molecule has 1 heterocycles. The topological polar surface area (TPSA) is 132 Å². The molecule has 0 unspecified atom stereocenters. The minimum absolute atomic E-state index is 0.0328. The van der Waals surface area contributed by atoms with Crippen molar-refractivity contribution in [1.29, 1.82) is 5.26 Å². The summed E-state index contributed by atoms with van der Waals surface area (Å²) in [6, 6.07) is 16.0. The third kappa shape index (κ3) is 3.76. The number of nitro groups is 1. The molecule has 0 fully saturated rings. The molecule has 0 atom stereocenters. The van der Waals surface area contributed by atoms with E-state index in [4.69, 9.17) is 9.36 Å². The van der Waals surface area contributed by atoms with Crippen LogP contribution < -0.4 is 0 Å². The van der Waals surface area contributed by atoms with Gasteiger partial charge in [-0.05, 0) is 6.92 Å². The number of carbonyl (C=O) groups is 1. The lowest BCUT2D eigenvalue weighted by atomic mass is 10.1. The molecule has 3 rings (SSSR count). The van der Waals surface area contributed by atoms with Crippen molar-refractivity contribution in [3.8, 4) is 17.3 Å². The first-order chi connectivity index (χ1) is 13.5. The quantitative estimate of drug-likeness (QED) is 0.287. The van der Waals surface area contributed by atoms with Gasteiger partial charge in [0.05, 0.1) is 4.92 Å². The van der Waals surface area contributed by atoms with E-state index in [-0.39, 0.29) is 28.4 Å². The Labute approximate surface area is 158 Å². The van der Waals surface area contributed by atoms with Gasteiger partial charge >= 0.3 is 5.97 Å². The van der Waals surface area contributed by atoms with Crippen molar-refractivity contribution in [3.63, 3.8) is 0 Å². The number of rotatable bonds is 5. The summed E-state index contributed by atoms with van der Waals surface area (Å²) in [6.07, 6.45) is 0. The van der Waals surface area contributed by atoms with E-state index in [1.165, 1.54) is 25.1 Å². The third-order valence-electron chi connectivity index (χ3n) is 3.77. The SMILES string of the molecule is Cc1onc(-c2cccc([N+](=O)[O-])c2)c1C(=O)O/N=C(/C#N)c1ccccc1. The summed E-state index contributed by atoms with van der Waals surface area (Å²) >= 11 is 0. The Morgan fingerprint density at radius 2 is 2.00 bits per heavy atom. The minimum Gasteiger partial charge on any atom is -0.360 e. The molecule has 0 amide bonds. The molecule has 0 aliphatic rings. The monoisotopic (exact) mass is 376 g/mol. The van der Waals surface area contributed by atoms with E-state index in [9.17, 15) is 20.2 Å². The number of nitrogens with zero attached hydrogens (tertiary/aromatic N) is 4. The predicted octanol–water partition coefficient (Wildman–Crippen LogP) is 3.64. The second kappa shape index (κ2) is 7.92. The highest BCUT2D eigenvalue weighted by atomic mass is 16.7. The highest BCUT2D eigenvalue weighted by molar-refractivity contribution is 6.11. The number of hydrogen-bond donors (Lipinski definition) is 0. The molecule has 0 radical (unpaired) electrons. The summed E-state index contributed by atoms with van der Waals surface area (Å²) in [6.45, 7) is 1.50. The smallest absolute Gasteiger partial charge is 0.360 e. The van der Waals surface area contributed by atoms with Gasteiger partial charge in [-0.1, -0.05) is 52.8 Å². The Kier molecular flexibility index (Phi) is 5.23. The van der Waals surface area contributed by atoms with Crippen molar-refractivity contribution in [2.45, 2.75) is 6.92 Å². The van der Waals surface area contributed by atoms with Crippen molar-refractivity contribution < 1.29 is 19.1 Å². The lowest BCUT2D eigenvalue weighted by Gasteiger charge is -2.02. The molecule has 0 bridgehead atoms. The average molecular weight is 376 g/mol. The van der Waals surface area contributed by atoms with Gasteiger partial charge in [0.15, 0.2) is 5.71 Å². The molecule has 0 aliphatic heterocycles. The summed E-state index contributed by atoms with van der Waals surface area (Å²) in [5, 5.41) is 27.6. The lowest BCUT2D eigenvalue weighted by molar-refractivity contribution is -0.384. The van der Waals surface area contributed by atoms with Crippen LogP contribution >= 0.6 is 0 Å². The summed E-state index contributed by atoms with van der Waals surface area (Å²) in [5.74, 6) is -0.746. The molecule has 9 heteroatoms. The van der Waals surface area contributed by atoms with Crippen LogP contribution in [0, 0.1) is 28.4 Å². The predicted molar refractivity (Wildman–Crippen MR) is 97.3 cm³/mol. The number of hydrogen-bond acceptors (Lipinski definition) is 8. The van der Waals surface area contributed by atoms with Gasteiger partial charge < -0.3 is 9.36 Å². The molecule has 28 heavy (non-hydrogen) atoms. The molecular formula is C19H12N4O5. The molecule has 2 aromatic carbocycles. The van der Waals surface area contributed by atoms with Gasteiger partial charge in [0, 0.05) is 23.3 Å². The molecule has 138 valence electrons. The number of benzene rings is 2. The fourth-order valence-electron chi connectivity index (χ4n) is 2.44. The van der Waals surface area contributed by atoms with Crippen LogP contribution in [-0.4, -0.2) is 21.8 Å². The largest absolute Gasteiger partial charge is 0.371 e. The standard InChI is InChI=1S/C19H12N4O5/c1-12-17(18(22-27-12)14-8-5-9-15(10-14)23(25)26)19(24)28-21-16(11-20)13-6-3-2-4-7-13/h2-10H,1H3/b21-16-. The van der Waals surface area contributed by atoms with E-state index < -0.39 is 10.9 Å². The fourth-order valence-corrected chi connectivity index (χ4v) is 2.44. The van der Waals surface area contributed by atoms with Crippen LogP contribution in [0.25, 0.3) is 11.3 Å². The second-order valence-corrected chi connectivity index (χ2v) is 5.57. The van der Waals surface area contributed by atoms with Crippen LogP contribution in [0.2, 0.25) is 0 Å². The molecule has 0 saturated carbocycles. The Hall–Kier alpha value is -4.32. The molecule has 9 nitrogen and oxygen atoms in total. The fraction of sp³-hybridized carbons (Fsp3) is 0.0526. The van der Waals surface area contributed by atoms with Gasteiger partial charge in [-0.15, -0.1) is 0 Å². The number of carbonyl (C=O) groups excluding carboxylic acids is 1. The Morgan fingerprint density at radius 1 is 1.25 bits per heavy atom. The number of oxime groups is 1. The van der Waals surface area contributed by atoms with E-state index in [2.05, 4.69) is 10.3 Å². The molecule has 0 saturated heterocycles. The van der Waals surface area contributed by atoms with Crippen molar-refractivity contribution in [2.75, 3.05) is 0 Å². The number of nitriles is 1. The first-order valence-electron chi connectivity index (χ1n) is 7.97. The van der Waals surface area contributed by atoms with Crippen LogP contribution in [0.1, 0.15) is 21.7 Å². The van der Waals surface area contributed by atoms with E-state index >= 15 is 0 Å². The van der Waals surface area contributed by atoms with Crippen LogP contribution in [0.5, 0.6) is 0 Å². The zero-order chi connectivity index (χ0) is 20.1. The van der Waals surface area contributed by atoms with Crippen LogP contribution in [0.3, 0.4) is 0 Å². The highest BCUT2D eigenvalue weighted by Crippen LogP contribution is 2.28. The molecule has 0 aliphatic carbocycles. The van der Waals surface area contributed by atoms with E-state index in [1.807, 2.05) is 6.07 Å². The van der Waals surface area contributed by atoms with Crippen molar-refractivity contribution in [2.24, 2.45) is 5.16 Å². The highest BCUT2D eigenvalue weighted by Gasteiger charge is 2.24. The average Bonchev–Trinajstić information content (AvgIpc) is 3.10. The number of non-ortho nitro benzene ring substituents is 1. The minimum atomic E-state index is -0.899. The molecular weight excluding hydrogens is 364 g/mol. The molecule has 0 N–H and O–H groups in total. The Morgan fingerprint density at radius 3 is 2.68 bits per heavy atom. The van der Waals surface area contributed by atoms with Gasteiger partial charge in [-0.25, -0.2) is 4.79 Å². The van der Waals surface area contributed by atoms with Crippen molar-refractivity contribution in [1.82, 2.24) is 5.16 Å². The van der Waals surface area contributed by atoms with Crippen LogP contribution in [0.4, 0.5) is 5.69 Å². The Balaban J connectivity index is 1.93. The number of aryl methyl sites for hydroxylation is 1. The zero-order valence-electron chi connectivity index (χ0n) is 14.5. The van der Waals surface area contributed by atoms with Crippen LogP contribution in [0.15, 0.2) is 64.3 Å². The van der Waals surface area contributed by atoms with Gasteiger partial charge in [0.25, 0.3) is 5.69 Å². The lowest BCUT2D eigenvalue weighted by Crippen LogP contribution is -2.06. The zero-order valence-corrected chi connectivity index (χ0v) is 14.5. The van der Waals surface area contributed by atoms with Crippen molar-refractivity contribution >= 4 is 17.4 Å². The molecule has 0 spiro atoms. The summed E-state index contributed by atoms with van der Waals surface area (Å²) in [4.78, 5) is 27.8. The second-order valence-electron chi connectivity index (χ2n) is 5.57. The third-order valence-corrected chi connectivity index (χ3v) is 3.77. The summed E-state index contributed by atoms with van der Waals surface area (Å²) < 4.78 is 5.06. The van der Waals surface area contributed by atoms with Crippen molar-refractivity contribution in [3.05, 3.63) is 81.6 Å². The Bertz CT molecular complexity index is 1110. The summed E-state index contributed by atoms with van der Waals surface area (Å²) in [7, 11) is 0. The van der Waals surface area contributed by atoms with E-state index in [0.717, 1.165) is 0 Å². The van der Waals surface area contributed by atoms with E-state index in [0.29, 0.717) is 11.1 Å². The maximum absolute atomic E-state index is 12.5. The number of nitro benzene ring substituents is 1. The van der Waals surface area contributed by atoms with E-state index in [1.54, 1.807) is 36.4 Å². The normalized spacial score (nSPS) is 10.9. The first-order valence-corrected chi connectivity index (χ1v) is 7.97. The first kappa shape index (κ1) is 18.5. The van der Waals surface area contributed by atoms with Gasteiger partial charge in [-0.3, -0.25) is 10.1 Å². The number of aromatic nitrogens is 1. The summed E-state index contributed by atoms with van der Waals surface area (Å²) in [5.41, 5.74) is 0.602.